The second kappa shape index (κ2) is 3.55. The van der Waals surface area contributed by atoms with Crippen molar-refractivity contribution in [3.8, 4) is 0 Å². The van der Waals surface area contributed by atoms with Gasteiger partial charge in [0.2, 0.25) is 0 Å². The Morgan fingerprint density at radius 2 is 2.09 bits per heavy atom. The van der Waals surface area contributed by atoms with Gasteiger partial charge >= 0.3 is 0 Å². The first-order chi connectivity index (χ1) is 5.24. The van der Waals surface area contributed by atoms with Crippen molar-refractivity contribution >= 4 is 28.9 Å². The van der Waals surface area contributed by atoms with Crippen molar-refractivity contribution < 1.29 is 0 Å². The van der Waals surface area contributed by atoms with Crippen molar-refractivity contribution in [2.45, 2.75) is 0 Å². The van der Waals surface area contributed by atoms with E-state index in [2.05, 4.69) is 10.7 Å². The van der Waals surface area contributed by atoms with Crippen LogP contribution in [0.1, 0.15) is 0 Å². The lowest BCUT2D eigenvalue weighted by Crippen LogP contribution is -1.86. The van der Waals surface area contributed by atoms with E-state index >= 15 is 0 Å². The quantitative estimate of drug-likeness (QED) is 0.576. The average molecular weight is 191 g/mol. The fourth-order valence-electron chi connectivity index (χ4n) is 0.632. The minimum Gasteiger partial charge on any atom is -0.241 e. The molecule has 0 saturated heterocycles. The highest BCUT2D eigenvalue weighted by Gasteiger charge is 1.98. The van der Waals surface area contributed by atoms with E-state index in [0.717, 1.165) is 0 Å². The number of hydrogen-bond acceptors (Lipinski definition) is 2. The standard InChI is InChI=1S/C6H4Cl2N2O/c7-4-1-2-5(8)6(3-4)9-10-11/h1-3H,(H,9,11). The first kappa shape index (κ1) is 8.30. The molecule has 0 aliphatic heterocycles. The van der Waals surface area contributed by atoms with Crippen LogP contribution < -0.4 is 5.43 Å². The summed E-state index contributed by atoms with van der Waals surface area (Å²) in [6, 6.07) is 4.72. The van der Waals surface area contributed by atoms with Crippen LogP contribution in [0.3, 0.4) is 0 Å². The van der Waals surface area contributed by atoms with E-state index in [1.54, 1.807) is 12.1 Å². The Labute approximate surface area is 73.3 Å². The zero-order valence-corrected chi connectivity index (χ0v) is 6.86. The van der Waals surface area contributed by atoms with Crippen molar-refractivity contribution in [3.05, 3.63) is 33.2 Å². The summed E-state index contributed by atoms with van der Waals surface area (Å²) in [6.07, 6.45) is 0. The van der Waals surface area contributed by atoms with Crippen molar-refractivity contribution in [1.29, 1.82) is 0 Å². The van der Waals surface area contributed by atoms with E-state index in [9.17, 15) is 4.91 Å². The first-order valence-corrected chi connectivity index (χ1v) is 3.53. The third-order valence-electron chi connectivity index (χ3n) is 1.09. The molecular formula is C6H4Cl2N2O. The fraction of sp³-hybridized carbons (Fsp3) is 0. The second-order valence-electron chi connectivity index (χ2n) is 1.83. The summed E-state index contributed by atoms with van der Waals surface area (Å²) >= 11 is 11.3. The SMILES string of the molecule is O=NNc1cc(Cl)ccc1Cl. The Balaban J connectivity index is 3.01. The number of hydrogen-bond donors (Lipinski definition) is 1. The predicted molar refractivity (Wildman–Crippen MR) is 45.9 cm³/mol. The van der Waals surface area contributed by atoms with Crippen LogP contribution >= 0.6 is 23.2 Å². The largest absolute Gasteiger partial charge is 0.241 e. The number of benzene rings is 1. The molecule has 1 aromatic rings. The third kappa shape index (κ3) is 2.06. The summed E-state index contributed by atoms with van der Waals surface area (Å²) in [5, 5.41) is 3.38. The molecule has 0 unspecified atom stereocenters. The lowest BCUT2D eigenvalue weighted by molar-refractivity contribution is 1.32. The monoisotopic (exact) mass is 190 g/mol. The molecule has 0 aromatic heterocycles. The summed E-state index contributed by atoms with van der Waals surface area (Å²) in [6.45, 7) is 0. The van der Waals surface area contributed by atoms with E-state index in [1.807, 2.05) is 0 Å². The molecule has 0 radical (unpaired) electrons. The highest BCUT2D eigenvalue weighted by Crippen LogP contribution is 2.24. The van der Waals surface area contributed by atoms with Crippen LogP contribution in [-0.2, 0) is 0 Å². The summed E-state index contributed by atoms with van der Waals surface area (Å²) in [7, 11) is 0. The summed E-state index contributed by atoms with van der Waals surface area (Å²) < 4.78 is 0. The summed E-state index contributed by atoms with van der Waals surface area (Å²) in [5.74, 6) is 0. The van der Waals surface area contributed by atoms with Crippen LogP contribution in [0.5, 0.6) is 0 Å². The van der Waals surface area contributed by atoms with E-state index in [4.69, 9.17) is 23.2 Å². The molecular weight excluding hydrogens is 187 g/mol. The van der Waals surface area contributed by atoms with Gasteiger partial charge in [0.1, 0.15) is 0 Å². The van der Waals surface area contributed by atoms with Crippen molar-refractivity contribution in [2.24, 2.45) is 5.29 Å². The highest BCUT2D eigenvalue weighted by atomic mass is 35.5. The van der Waals surface area contributed by atoms with Gasteiger partial charge in [-0.15, -0.1) is 4.91 Å². The van der Waals surface area contributed by atoms with Gasteiger partial charge in [-0.05, 0) is 18.2 Å². The summed E-state index contributed by atoms with van der Waals surface area (Å²) in [5.41, 5.74) is 2.58. The molecule has 1 N–H and O–H groups in total. The maximum atomic E-state index is 9.77. The van der Waals surface area contributed by atoms with Gasteiger partial charge in [-0.2, -0.15) is 0 Å². The van der Waals surface area contributed by atoms with Gasteiger partial charge in [0.15, 0.2) is 0 Å². The predicted octanol–water partition coefficient (Wildman–Crippen LogP) is 3.09. The van der Waals surface area contributed by atoms with Crippen LogP contribution in [0, 0.1) is 4.91 Å². The minimum atomic E-state index is 0.411. The molecule has 0 saturated carbocycles. The molecule has 0 bridgehead atoms. The highest BCUT2D eigenvalue weighted by molar-refractivity contribution is 6.35. The Bertz CT molecular complexity index is 277. The molecule has 0 fully saturated rings. The number of halogens is 2. The van der Waals surface area contributed by atoms with Gasteiger partial charge < -0.3 is 0 Å². The average Bonchev–Trinajstić information content (AvgIpc) is 1.98. The third-order valence-corrected chi connectivity index (χ3v) is 1.66. The van der Waals surface area contributed by atoms with E-state index in [0.29, 0.717) is 15.7 Å². The van der Waals surface area contributed by atoms with Crippen LogP contribution in [0.25, 0.3) is 0 Å². The number of nitrogens with one attached hydrogen (secondary N) is 1. The maximum Gasteiger partial charge on any atom is 0.0795 e. The maximum absolute atomic E-state index is 9.77. The number of nitroso groups, excluding NO2 is 1. The van der Waals surface area contributed by atoms with Gasteiger partial charge in [-0.1, -0.05) is 23.2 Å². The molecule has 11 heavy (non-hydrogen) atoms. The van der Waals surface area contributed by atoms with Crippen LogP contribution in [0.4, 0.5) is 5.69 Å². The Morgan fingerprint density at radius 1 is 1.36 bits per heavy atom. The molecule has 0 amide bonds. The molecule has 3 nitrogen and oxygen atoms in total. The molecule has 5 heteroatoms. The van der Waals surface area contributed by atoms with Gasteiger partial charge in [0, 0.05) is 5.02 Å². The van der Waals surface area contributed by atoms with Crippen LogP contribution in [0.2, 0.25) is 10.0 Å². The lowest BCUT2D eigenvalue weighted by atomic mass is 10.3. The van der Waals surface area contributed by atoms with Crippen LogP contribution in [-0.4, -0.2) is 0 Å². The lowest BCUT2D eigenvalue weighted by Gasteiger charge is -1.99. The van der Waals surface area contributed by atoms with E-state index < -0.39 is 0 Å². The van der Waals surface area contributed by atoms with Gasteiger partial charge in [-0.3, -0.25) is 0 Å². The van der Waals surface area contributed by atoms with Gasteiger partial charge in [-0.25, -0.2) is 5.43 Å². The van der Waals surface area contributed by atoms with Crippen LogP contribution in [0.15, 0.2) is 23.5 Å². The number of rotatable bonds is 2. The molecule has 1 aromatic carbocycles. The first-order valence-electron chi connectivity index (χ1n) is 2.77. The van der Waals surface area contributed by atoms with Crippen molar-refractivity contribution in [2.75, 3.05) is 5.43 Å². The molecule has 58 valence electrons. The normalized spacial score (nSPS) is 9.27. The molecule has 1 rings (SSSR count). The zero-order chi connectivity index (χ0) is 8.27. The zero-order valence-electron chi connectivity index (χ0n) is 5.34. The van der Waals surface area contributed by atoms with Crippen molar-refractivity contribution in [1.82, 2.24) is 0 Å². The van der Waals surface area contributed by atoms with E-state index in [1.165, 1.54) is 6.07 Å². The van der Waals surface area contributed by atoms with Gasteiger partial charge in [0.25, 0.3) is 0 Å². The Hall–Kier alpha value is -0.800. The van der Waals surface area contributed by atoms with Crippen molar-refractivity contribution in [3.63, 3.8) is 0 Å². The summed E-state index contributed by atoms with van der Waals surface area (Å²) in [4.78, 5) is 9.77. The topological polar surface area (TPSA) is 41.5 Å². The molecule has 0 atom stereocenters. The number of anilines is 1. The molecule has 0 spiro atoms. The Kier molecular flexibility index (Phi) is 2.68. The minimum absolute atomic E-state index is 0.411. The van der Waals surface area contributed by atoms with E-state index in [-0.39, 0.29) is 0 Å². The molecule has 0 aliphatic rings. The smallest absolute Gasteiger partial charge is 0.0795 e. The molecule has 0 aliphatic carbocycles. The fourth-order valence-corrected chi connectivity index (χ4v) is 0.964. The number of nitrogens with zero attached hydrogens (tertiary/aromatic N) is 1. The second-order valence-corrected chi connectivity index (χ2v) is 2.67. The molecule has 0 heterocycles. The van der Waals surface area contributed by atoms with Gasteiger partial charge in [0.05, 0.1) is 16.0 Å². The Morgan fingerprint density at radius 3 is 2.73 bits per heavy atom.